The van der Waals surface area contributed by atoms with Crippen LogP contribution < -0.4 is 31.9 Å². The number of hydrogen-bond donors (Lipinski definition) is 4. The lowest BCUT2D eigenvalue weighted by molar-refractivity contribution is -0.314. The van der Waals surface area contributed by atoms with Crippen molar-refractivity contribution < 1.29 is 19.4 Å². The highest BCUT2D eigenvalue weighted by Crippen LogP contribution is 2.50. The van der Waals surface area contributed by atoms with E-state index in [1.165, 1.54) is 77.0 Å². The third-order valence-electron chi connectivity index (χ3n) is 24.8. The van der Waals surface area contributed by atoms with E-state index >= 15 is 0 Å². The van der Waals surface area contributed by atoms with Crippen LogP contribution in [-0.2, 0) is 19.4 Å². The summed E-state index contributed by atoms with van der Waals surface area (Å²) in [5.41, 5.74) is 12.2. The first-order valence-corrected chi connectivity index (χ1v) is 41.2. The summed E-state index contributed by atoms with van der Waals surface area (Å²) >= 11 is 0. The number of nitrogens with one attached hydrogen (secondary N) is 2. The van der Waals surface area contributed by atoms with Crippen molar-refractivity contribution in [3.8, 4) is 0 Å². The highest BCUT2D eigenvalue weighted by atomic mass is 16.7. The summed E-state index contributed by atoms with van der Waals surface area (Å²) in [6.07, 6.45) is 41.0. The number of nitrogen functional groups attached to an aromatic ring is 2. The third-order valence-corrected chi connectivity index (χ3v) is 24.8. The summed E-state index contributed by atoms with van der Waals surface area (Å²) in [4.78, 5) is 64.2. The molecule has 4 aliphatic heterocycles. The van der Waals surface area contributed by atoms with Crippen LogP contribution in [0.1, 0.15) is 356 Å². The molecule has 570 valence electrons. The minimum atomic E-state index is -0.256. The van der Waals surface area contributed by atoms with Crippen LogP contribution in [0.4, 0.5) is 35.7 Å². The molecule has 10 rings (SSSR count). The molecule has 2 aromatic heterocycles. The van der Waals surface area contributed by atoms with Gasteiger partial charge in [-0.1, -0.05) is 117 Å². The molecule has 8 aliphatic rings. The van der Waals surface area contributed by atoms with Crippen LogP contribution in [0.2, 0.25) is 0 Å². The van der Waals surface area contributed by atoms with Crippen LogP contribution in [0.25, 0.3) is 0 Å². The van der Waals surface area contributed by atoms with Gasteiger partial charge >= 0.3 is 0 Å². The molecule has 0 bridgehead atoms. The largest absolute Gasteiger partial charge is 0.368 e. The molecular formula is C80H146N16O4. The fraction of sp³-hybridized carbons (Fsp3) is 0.925. The predicted octanol–water partition coefficient (Wildman–Crippen LogP) is 17.9. The maximum absolute atomic E-state index is 7.11. The summed E-state index contributed by atoms with van der Waals surface area (Å²) in [5, 5.41) is 17.5. The summed E-state index contributed by atoms with van der Waals surface area (Å²) in [6, 6.07) is 0.552. The Labute approximate surface area is 607 Å². The normalized spacial score (nSPS) is 26.3. The van der Waals surface area contributed by atoms with Crippen molar-refractivity contribution >= 4 is 35.7 Å². The standard InChI is InChI=1S/C80H146N16O4/c1-19-37-65(57-49-73(3,4)93(74(5,6)50-57)97-61-39-27-23-28-40-61)83-69-85-67(81)87-71(89-69)91(59-53-77(11,12)95(78(13,14)54-59)99-63-43-31-25-32-44-63)47-35-21-22-36-48-92(60-55-79(15,16)96(80(17,18)56-60)100-64-45-33-26-34-46-64)72-88-68(82)86-70(90-72)84-66(38-20-2)58-51-75(7,8)94(76(9,10)52-58)98-62-41-29-24-30-42-62/h57-66H,19-56H2,1-18H3,(H3,81,83,85,87,89)(H3,82,84,86,88,90). The van der Waals surface area contributed by atoms with E-state index in [2.05, 4.69) is 165 Å². The van der Waals surface area contributed by atoms with Gasteiger partial charge in [0.15, 0.2) is 0 Å². The number of nitrogens with zero attached hydrogens (tertiary/aromatic N) is 12. The van der Waals surface area contributed by atoms with Crippen LogP contribution in [0.3, 0.4) is 0 Å². The van der Waals surface area contributed by atoms with Crippen LogP contribution >= 0.6 is 0 Å². The molecule has 2 unspecified atom stereocenters. The van der Waals surface area contributed by atoms with Gasteiger partial charge in [0, 0.05) is 81.6 Å². The summed E-state index contributed by atoms with van der Waals surface area (Å²) in [5.74, 6) is 3.72. The Bertz CT molecular complexity index is 2600. The van der Waals surface area contributed by atoms with Crippen LogP contribution in [0, 0.1) is 11.8 Å². The third kappa shape index (κ3) is 19.9. The topological polar surface area (TPSA) is 210 Å². The first-order chi connectivity index (χ1) is 47.2. The van der Waals surface area contributed by atoms with Gasteiger partial charge in [0.05, 0.1) is 24.4 Å². The molecule has 2 aromatic rings. The Morgan fingerprint density at radius 2 is 0.610 bits per heavy atom. The maximum atomic E-state index is 7.11. The van der Waals surface area contributed by atoms with Crippen LogP contribution in [0.5, 0.6) is 0 Å². The molecule has 20 heteroatoms. The zero-order valence-corrected chi connectivity index (χ0v) is 66.8. The lowest BCUT2D eigenvalue weighted by Gasteiger charge is -2.56. The van der Waals surface area contributed by atoms with Gasteiger partial charge in [-0.05, 0) is 251 Å². The summed E-state index contributed by atoms with van der Waals surface area (Å²) in [6.45, 7) is 44.3. The second-order valence-electron chi connectivity index (χ2n) is 38.1. The first-order valence-electron chi connectivity index (χ1n) is 41.2. The van der Waals surface area contributed by atoms with Gasteiger partial charge in [0.25, 0.3) is 0 Å². The van der Waals surface area contributed by atoms with E-state index in [1.807, 2.05) is 0 Å². The molecule has 4 aliphatic carbocycles. The fourth-order valence-electron chi connectivity index (χ4n) is 21.3. The van der Waals surface area contributed by atoms with Crippen molar-refractivity contribution in [1.82, 2.24) is 50.2 Å². The number of unbranched alkanes of at least 4 members (excludes halogenated alkanes) is 3. The fourth-order valence-corrected chi connectivity index (χ4v) is 21.3. The molecule has 2 atom stereocenters. The Balaban J connectivity index is 0.889. The van der Waals surface area contributed by atoms with Crippen molar-refractivity contribution in [1.29, 1.82) is 0 Å². The minimum Gasteiger partial charge on any atom is -0.368 e. The number of rotatable bonds is 29. The smallest absolute Gasteiger partial charge is 0.232 e. The van der Waals surface area contributed by atoms with Crippen molar-refractivity contribution in [2.75, 3.05) is 45.0 Å². The van der Waals surface area contributed by atoms with E-state index in [0.29, 0.717) is 47.8 Å². The lowest BCUT2D eigenvalue weighted by Crippen LogP contribution is -2.65. The molecule has 6 heterocycles. The Kier molecular flexibility index (Phi) is 26.2. The van der Waals surface area contributed by atoms with Crippen LogP contribution in [-0.4, -0.2) is 156 Å². The molecule has 20 nitrogen and oxygen atoms in total. The monoisotopic (exact) mass is 1400 g/mol. The van der Waals surface area contributed by atoms with Crippen molar-refractivity contribution in [3.63, 3.8) is 0 Å². The number of nitrogens with two attached hydrogens (primary N) is 2. The van der Waals surface area contributed by atoms with E-state index in [9.17, 15) is 0 Å². The van der Waals surface area contributed by atoms with Gasteiger partial charge in [-0.3, -0.25) is 19.4 Å². The molecule has 100 heavy (non-hydrogen) atoms. The maximum Gasteiger partial charge on any atom is 0.232 e. The Morgan fingerprint density at radius 3 is 0.860 bits per heavy atom. The summed E-state index contributed by atoms with van der Waals surface area (Å²) in [7, 11) is 0. The average Bonchev–Trinajstić information content (AvgIpc) is 0.766. The average molecular weight is 1400 g/mol. The first kappa shape index (κ1) is 79.1. The van der Waals surface area contributed by atoms with Gasteiger partial charge in [-0.25, -0.2) is 0 Å². The van der Waals surface area contributed by atoms with Crippen molar-refractivity contribution in [3.05, 3.63) is 0 Å². The number of anilines is 6. The van der Waals surface area contributed by atoms with E-state index in [0.717, 1.165) is 167 Å². The van der Waals surface area contributed by atoms with E-state index in [1.54, 1.807) is 0 Å². The molecule has 8 fully saturated rings. The molecule has 0 amide bonds. The second-order valence-corrected chi connectivity index (χ2v) is 38.1. The SMILES string of the molecule is CCCC(Nc1nc(N)nc(N(CCCCCCN(c2nc(N)nc(NC(CCC)C3CC(C)(C)N(OC4CCCCC4)C(C)(C)C3)n2)C2CC(C)(C)N(OC3CCCCC3)C(C)(C)C2)C2CC(C)(C)N(OC3CCCCC3)C(C)(C)C2)n1)C1CC(C)(C)N(OC2CCCCC2)C(C)(C)C1. The van der Waals surface area contributed by atoms with Crippen molar-refractivity contribution in [2.45, 2.75) is 449 Å². The van der Waals surface area contributed by atoms with E-state index in [4.69, 9.17) is 60.7 Å². The van der Waals surface area contributed by atoms with Gasteiger partial charge in [0.1, 0.15) is 0 Å². The zero-order valence-electron chi connectivity index (χ0n) is 66.8. The number of aromatic nitrogens is 6. The number of hydroxylamine groups is 8. The molecule has 4 saturated carbocycles. The lowest BCUT2D eigenvalue weighted by atomic mass is 9.71. The van der Waals surface area contributed by atoms with Gasteiger partial charge in [-0.15, -0.1) is 0 Å². The van der Waals surface area contributed by atoms with Gasteiger partial charge < -0.3 is 31.9 Å². The molecule has 0 aromatic carbocycles. The Hall–Kier alpha value is -3.50. The highest BCUT2D eigenvalue weighted by Gasteiger charge is 2.54. The minimum absolute atomic E-state index is 0.127. The molecule has 4 saturated heterocycles. The molecule has 0 radical (unpaired) electrons. The van der Waals surface area contributed by atoms with Crippen molar-refractivity contribution in [2.24, 2.45) is 11.8 Å². The van der Waals surface area contributed by atoms with Gasteiger partial charge in [-0.2, -0.15) is 50.2 Å². The van der Waals surface area contributed by atoms with Gasteiger partial charge in [0.2, 0.25) is 35.7 Å². The summed E-state index contributed by atoms with van der Waals surface area (Å²) < 4.78 is 0. The number of hydrogen-bond acceptors (Lipinski definition) is 20. The predicted molar refractivity (Wildman–Crippen MR) is 410 cm³/mol. The quantitative estimate of drug-likeness (QED) is 0.0558. The van der Waals surface area contributed by atoms with E-state index in [-0.39, 0.29) is 92.6 Å². The van der Waals surface area contributed by atoms with E-state index < -0.39 is 0 Å². The zero-order chi connectivity index (χ0) is 72.1. The molecule has 0 spiro atoms. The molecule has 6 N–H and O–H groups in total. The number of piperidine rings is 4. The second kappa shape index (κ2) is 33.1. The highest BCUT2D eigenvalue weighted by molar-refractivity contribution is 5.45. The molecular weight excluding hydrogens is 1250 g/mol. The Morgan fingerprint density at radius 1 is 0.360 bits per heavy atom. The van der Waals surface area contributed by atoms with Crippen LogP contribution in [0.15, 0.2) is 0 Å².